The highest BCUT2D eigenvalue weighted by atomic mass is 16.5. The van der Waals surface area contributed by atoms with E-state index in [0.29, 0.717) is 22.9 Å². The topological polar surface area (TPSA) is 62.5 Å². The van der Waals surface area contributed by atoms with Gasteiger partial charge >= 0.3 is 5.69 Å². The van der Waals surface area contributed by atoms with Crippen molar-refractivity contribution in [3.05, 3.63) is 107 Å². The van der Waals surface area contributed by atoms with Crippen molar-refractivity contribution in [2.75, 3.05) is 14.2 Å². The number of allylic oxidation sites excluding steroid dienone is 1. The molecule has 6 nitrogen and oxygen atoms in total. The molecule has 6 heteroatoms. The number of hydrogen-bond donors (Lipinski definition) is 0. The normalized spacial score (nSPS) is 10.9. The molecule has 0 unspecified atom stereocenters. The second-order valence-corrected chi connectivity index (χ2v) is 6.99. The van der Waals surface area contributed by atoms with Crippen LogP contribution in [-0.2, 0) is 0 Å². The van der Waals surface area contributed by atoms with Crippen molar-refractivity contribution >= 4 is 12.0 Å². The molecule has 0 saturated carbocycles. The smallest absolute Gasteiger partial charge is 0.340 e. The predicted octanol–water partition coefficient (Wildman–Crippen LogP) is 4.68. The van der Waals surface area contributed by atoms with Gasteiger partial charge in [-0.3, -0.25) is 9.36 Å². The molecule has 0 N–H and O–H groups in total. The molecular weight excluding hydrogens is 404 g/mol. The molecule has 160 valence electrons. The molecule has 1 aromatic heterocycles. The molecule has 0 aliphatic rings. The quantitative estimate of drug-likeness (QED) is 0.420. The molecule has 0 bridgehead atoms. The molecular formula is C26H22N2O4. The van der Waals surface area contributed by atoms with Crippen LogP contribution in [0.3, 0.4) is 0 Å². The van der Waals surface area contributed by atoms with E-state index < -0.39 is 11.6 Å². The zero-order chi connectivity index (χ0) is 22.5. The average Bonchev–Trinajstić information content (AvgIpc) is 3.20. The maximum atomic E-state index is 13.2. The first-order valence-corrected chi connectivity index (χ1v) is 10.0. The summed E-state index contributed by atoms with van der Waals surface area (Å²) in [6.45, 7) is 0. The largest absolute Gasteiger partial charge is 0.493 e. The van der Waals surface area contributed by atoms with Crippen LogP contribution in [0.5, 0.6) is 11.5 Å². The summed E-state index contributed by atoms with van der Waals surface area (Å²) >= 11 is 0. The summed E-state index contributed by atoms with van der Waals surface area (Å²) in [5.74, 6) is 0.705. The van der Waals surface area contributed by atoms with Gasteiger partial charge < -0.3 is 9.47 Å². The number of rotatable bonds is 6. The monoisotopic (exact) mass is 426 g/mol. The van der Waals surface area contributed by atoms with Gasteiger partial charge in [-0.15, -0.1) is 0 Å². The summed E-state index contributed by atoms with van der Waals surface area (Å²) in [6.07, 6.45) is 4.71. The fourth-order valence-corrected chi connectivity index (χ4v) is 3.44. The van der Waals surface area contributed by atoms with E-state index in [1.54, 1.807) is 44.7 Å². The van der Waals surface area contributed by atoms with Crippen LogP contribution in [0.25, 0.3) is 23.0 Å². The van der Waals surface area contributed by atoms with Gasteiger partial charge in [0.1, 0.15) is 0 Å². The van der Waals surface area contributed by atoms with E-state index in [4.69, 9.17) is 9.47 Å². The first kappa shape index (κ1) is 20.9. The van der Waals surface area contributed by atoms with Crippen molar-refractivity contribution in [1.82, 2.24) is 9.13 Å². The van der Waals surface area contributed by atoms with Gasteiger partial charge in [0, 0.05) is 17.8 Å². The second kappa shape index (κ2) is 9.22. The minimum Gasteiger partial charge on any atom is -0.493 e. The molecule has 0 radical (unpaired) electrons. The Labute approximate surface area is 185 Å². The van der Waals surface area contributed by atoms with Gasteiger partial charge in [0.2, 0.25) is 0 Å². The van der Waals surface area contributed by atoms with Crippen molar-refractivity contribution in [3.8, 4) is 28.4 Å². The lowest BCUT2D eigenvalue weighted by atomic mass is 10.1. The summed E-state index contributed by atoms with van der Waals surface area (Å²) in [5, 5.41) is 0. The lowest BCUT2D eigenvalue weighted by Crippen LogP contribution is -2.27. The summed E-state index contributed by atoms with van der Waals surface area (Å²) in [7, 11) is 3.11. The molecule has 32 heavy (non-hydrogen) atoms. The number of methoxy groups -OCH3 is 2. The minimum atomic E-state index is -0.446. The molecule has 0 fully saturated rings. The van der Waals surface area contributed by atoms with Crippen molar-refractivity contribution in [2.24, 2.45) is 0 Å². The Morgan fingerprint density at radius 3 is 2.16 bits per heavy atom. The molecule has 1 heterocycles. The predicted molar refractivity (Wildman–Crippen MR) is 125 cm³/mol. The van der Waals surface area contributed by atoms with Crippen LogP contribution < -0.4 is 15.2 Å². The van der Waals surface area contributed by atoms with Crippen LogP contribution in [0.2, 0.25) is 0 Å². The molecule has 3 aromatic carbocycles. The van der Waals surface area contributed by atoms with E-state index >= 15 is 0 Å². The van der Waals surface area contributed by atoms with E-state index in [1.807, 2.05) is 60.7 Å². The zero-order valence-electron chi connectivity index (χ0n) is 17.8. The third-order valence-corrected chi connectivity index (χ3v) is 5.04. The van der Waals surface area contributed by atoms with Crippen LogP contribution in [0.15, 0.2) is 95.9 Å². The maximum absolute atomic E-state index is 13.2. The van der Waals surface area contributed by atoms with E-state index in [2.05, 4.69) is 0 Å². The molecule has 0 spiro atoms. The number of nitrogens with zero attached hydrogens (tertiary/aromatic N) is 2. The lowest BCUT2D eigenvalue weighted by Gasteiger charge is -2.07. The highest BCUT2D eigenvalue weighted by Gasteiger charge is 2.18. The first-order chi connectivity index (χ1) is 15.6. The third-order valence-electron chi connectivity index (χ3n) is 5.04. The van der Waals surface area contributed by atoms with Gasteiger partial charge in [-0.1, -0.05) is 54.6 Å². The Balaban J connectivity index is 1.77. The number of imidazole rings is 1. The fraction of sp³-hybridized carbons (Fsp3) is 0.0769. The Bertz CT molecular complexity index is 1320. The van der Waals surface area contributed by atoms with E-state index in [1.165, 1.54) is 15.2 Å². The number of hydrogen-bond acceptors (Lipinski definition) is 4. The minimum absolute atomic E-state index is 0.433. The summed E-state index contributed by atoms with van der Waals surface area (Å²) in [4.78, 5) is 26.4. The van der Waals surface area contributed by atoms with Gasteiger partial charge in [-0.2, -0.15) is 0 Å². The first-order valence-electron chi connectivity index (χ1n) is 10.0. The average molecular weight is 426 g/mol. The Morgan fingerprint density at radius 2 is 1.50 bits per heavy atom. The highest BCUT2D eigenvalue weighted by Crippen LogP contribution is 2.28. The number of carbonyl (C=O) groups is 1. The Morgan fingerprint density at radius 1 is 0.844 bits per heavy atom. The zero-order valence-corrected chi connectivity index (χ0v) is 17.8. The van der Waals surface area contributed by atoms with E-state index in [-0.39, 0.29) is 0 Å². The van der Waals surface area contributed by atoms with Crippen molar-refractivity contribution < 1.29 is 14.3 Å². The molecule has 4 aromatic rings. The standard InChI is InChI=1S/C26H22N2O4/c1-31-23-15-13-19(17-24(23)32-2)14-16-25(29)28-22(20-9-5-3-6-10-20)18-27(26(28)30)21-11-7-4-8-12-21/h3-18H,1-2H3/b16-14+. The number of ether oxygens (including phenoxy) is 2. The molecule has 0 atom stereocenters. The Hall–Kier alpha value is -4.32. The Kier molecular flexibility index (Phi) is 6.03. The molecule has 4 rings (SSSR count). The highest BCUT2D eigenvalue weighted by molar-refractivity contribution is 5.96. The van der Waals surface area contributed by atoms with Crippen LogP contribution >= 0.6 is 0 Å². The fourth-order valence-electron chi connectivity index (χ4n) is 3.44. The van der Waals surface area contributed by atoms with Crippen molar-refractivity contribution in [3.63, 3.8) is 0 Å². The molecule has 0 amide bonds. The number of benzene rings is 3. The van der Waals surface area contributed by atoms with Crippen LogP contribution in [0, 0.1) is 0 Å². The van der Waals surface area contributed by atoms with E-state index in [9.17, 15) is 9.59 Å². The van der Waals surface area contributed by atoms with Crippen LogP contribution in [0.4, 0.5) is 0 Å². The van der Waals surface area contributed by atoms with E-state index in [0.717, 1.165) is 11.1 Å². The van der Waals surface area contributed by atoms with Crippen molar-refractivity contribution in [1.29, 1.82) is 0 Å². The molecule has 0 aliphatic heterocycles. The summed E-state index contributed by atoms with van der Waals surface area (Å²) < 4.78 is 13.2. The molecule has 0 saturated heterocycles. The van der Waals surface area contributed by atoms with Gasteiger partial charge in [0.25, 0.3) is 5.91 Å². The van der Waals surface area contributed by atoms with Crippen molar-refractivity contribution in [2.45, 2.75) is 0 Å². The lowest BCUT2D eigenvalue weighted by molar-refractivity contribution is 0.0967. The van der Waals surface area contributed by atoms with Gasteiger partial charge in [0.05, 0.1) is 25.6 Å². The van der Waals surface area contributed by atoms with Crippen LogP contribution in [0.1, 0.15) is 10.4 Å². The summed E-state index contributed by atoms with van der Waals surface area (Å²) in [6, 6.07) is 23.9. The maximum Gasteiger partial charge on any atom is 0.340 e. The van der Waals surface area contributed by atoms with Crippen LogP contribution in [-0.4, -0.2) is 29.3 Å². The van der Waals surface area contributed by atoms with Gasteiger partial charge in [-0.25, -0.2) is 9.36 Å². The third kappa shape index (κ3) is 4.11. The second-order valence-electron chi connectivity index (χ2n) is 6.99. The molecule has 0 aliphatic carbocycles. The number of aromatic nitrogens is 2. The number of para-hydroxylation sites is 1. The van der Waals surface area contributed by atoms with Gasteiger partial charge in [0.15, 0.2) is 11.5 Å². The SMILES string of the molecule is COc1ccc(/C=C/C(=O)n2c(-c3ccccc3)cn(-c3ccccc3)c2=O)cc1OC. The summed E-state index contributed by atoms with van der Waals surface area (Å²) in [5.41, 5.74) is 2.28. The van der Waals surface area contributed by atoms with Gasteiger partial charge in [-0.05, 0) is 35.9 Å². The number of carbonyl (C=O) groups excluding carboxylic acids is 1.